The lowest BCUT2D eigenvalue weighted by atomic mass is 10.3. The van der Waals surface area contributed by atoms with Gasteiger partial charge in [0.05, 0.1) is 0 Å². The van der Waals surface area contributed by atoms with Crippen LogP contribution < -0.4 is 0 Å². The molecule has 72 valence electrons. The molecule has 0 fully saturated rings. The highest BCUT2D eigenvalue weighted by Gasteiger charge is 2.14. The third kappa shape index (κ3) is 1.13. The lowest BCUT2D eigenvalue weighted by Crippen LogP contribution is -1.94. The van der Waals surface area contributed by atoms with Crippen LogP contribution in [-0.4, -0.2) is 26.3 Å². The van der Waals surface area contributed by atoms with E-state index in [0.717, 1.165) is 12.1 Å². The van der Waals surface area contributed by atoms with E-state index < -0.39 is 11.9 Å². The van der Waals surface area contributed by atoms with E-state index in [0.29, 0.717) is 0 Å². The number of rotatable bonds is 1. The van der Waals surface area contributed by atoms with Gasteiger partial charge in [-0.05, 0) is 0 Å². The van der Waals surface area contributed by atoms with Crippen LogP contribution in [0.15, 0.2) is 16.5 Å². The van der Waals surface area contributed by atoms with Gasteiger partial charge in [0.25, 0.3) is 0 Å². The topological polar surface area (TPSA) is 104 Å². The average molecular weight is 195 g/mol. The van der Waals surface area contributed by atoms with Crippen LogP contribution in [0, 0.1) is 0 Å². The summed E-state index contributed by atoms with van der Waals surface area (Å²) in [6.45, 7) is 0. The summed E-state index contributed by atoms with van der Waals surface area (Å²) in [6, 6.07) is 2.23. The Morgan fingerprint density at radius 3 is 2.57 bits per heavy atom. The molecule has 0 radical (unpaired) electrons. The third-order valence-corrected chi connectivity index (χ3v) is 1.67. The lowest BCUT2D eigenvalue weighted by Gasteiger charge is -1.93. The van der Waals surface area contributed by atoms with Gasteiger partial charge in [0.2, 0.25) is 0 Å². The first-order valence-electron chi connectivity index (χ1n) is 3.64. The molecule has 1 aromatic carbocycles. The summed E-state index contributed by atoms with van der Waals surface area (Å²) in [5.41, 5.74) is 0.287. The van der Waals surface area contributed by atoms with E-state index in [2.05, 4.69) is 4.98 Å². The Hall–Kier alpha value is -2.24. The minimum atomic E-state index is -1.31. The maximum atomic E-state index is 10.5. The van der Waals surface area contributed by atoms with Crippen molar-refractivity contribution in [3.8, 4) is 11.5 Å². The number of carboxylic acids is 1. The van der Waals surface area contributed by atoms with Crippen LogP contribution in [0.4, 0.5) is 0 Å². The van der Waals surface area contributed by atoms with Gasteiger partial charge in [-0.25, -0.2) is 9.78 Å². The minimum Gasteiger partial charge on any atom is -0.504 e. The molecule has 0 bridgehead atoms. The van der Waals surface area contributed by atoms with Gasteiger partial charge in [-0.1, -0.05) is 0 Å². The van der Waals surface area contributed by atoms with Gasteiger partial charge in [0, 0.05) is 12.1 Å². The number of phenols is 2. The van der Waals surface area contributed by atoms with Crippen molar-refractivity contribution in [2.45, 2.75) is 0 Å². The first-order valence-corrected chi connectivity index (χ1v) is 3.64. The molecule has 0 aliphatic carbocycles. The van der Waals surface area contributed by atoms with Gasteiger partial charge in [-0.3, -0.25) is 0 Å². The van der Waals surface area contributed by atoms with E-state index in [9.17, 15) is 4.79 Å². The van der Waals surface area contributed by atoms with Crippen molar-refractivity contribution in [1.82, 2.24) is 4.98 Å². The van der Waals surface area contributed by atoms with Crippen molar-refractivity contribution in [2.75, 3.05) is 0 Å². The number of nitrogens with zero attached hydrogens (tertiary/aromatic N) is 1. The molecular formula is C8H5NO5. The number of fused-ring (bicyclic) bond motifs is 1. The van der Waals surface area contributed by atoms with Crippen LogP contribution in [0.3, 0.4) is 0 Å². The van der Waals surface area contributed by atoms with Gasteiger partial charge in [-0.15, -0.1) is 0 Å². The van der Waals surface area contributed by atoms with Crippen molar-refractivity contribution in [1.29, 1.82) is 0 Å². The first kappa shape index (κ1) is 8.36. The zero-order chi connectivity index (χ0) is 10.3. The third-order valence-electron chi connectivity index (χ3n) is 1.67. The summed E-state index contributed by atoms with van der Waals surface area (Å²) in [5, 5.41) is 26.7. The molecule has 2 aromatic rings. The normalized spacial score (nSPS) is 10.6. The van der Waals surface area contributed by atoms with Crippen LogP contribution in [-0.2, 0) is 0 Å². The number of phenolic OH excluding ortho intramolecular Hbond substituents is 2. The molecule has 0 aliphatic heterocycles. The second kappa shape index (κ2) is 2.63. The van der Waals surface area contributed by atoms with Crippen molar-refractivity contribution in [2.24, 2.45) is 0 Å². The van der Waals surface area contributed by atoms with Gasteiger partial charge in [-0.2, -0.15) is 0 Å². The predicted octanol–water partition coefficient (Wildman–Crippen LogP) is 0.937. The highest BCUT2D eigenvalue weighted by Crippen LogP contribution is 2.30. The maximum absolute atomic E-state index is 10.5. The number of aromatic carboxylic acids is 1. The summed E-state index contributed by atoms with van der Waals surface area (Å²) < 4.78 is 4.78. The molecule has 0 spiro atoms. The summed E-state index contributed by atoms with van der Waals surface area (Å²) in [6.07, 6.45) is 0. The summed E-state index contributed by atoms with van der Waals surface area (Å²) in [7, 11) is 0. The smallest absolute Gasteiger partial charge is 0.392 e. The zero-order valence-electron chi connectivity index (χ0n) is 6.76. The molecule has 1 heterocycles. The Morgan fingerprint density at radius 2 is 1.93 bits per heavy atom. The molecule has 14 heavy (non-hydrogen) atoms. The van der Waals surface area contributed by atoms with Crippen molar-refractivity contribution >= 4 is 17.1 Å². The molecule has 0 atom stereocenters. The largest absolute Gasteiger partial charge is 0.504 e. The molecule has 1 aromatic heterocycles. The number of hydrogen-bond acceptors (Lipinski definition) is 5. The van der Waals surface area contributed by atoms with Crippen molar-refractivity contribution in [3.63, 3.8) is 0 Å². The fourth-order valence-electron chi connectivity index (χ4n) is 1.04. The van der Waals surface area contributed by atoms with E-state index >= 15 is 0 Å². The Bertz CT molecular complexity index is 477. The van der Waals surface area contributed by atoms with Gasteiger partial charge < -0.3 is 19.7 Å². The standard InChI is InChI=1S/C8H5NO5/c10-4-1-3-6(2-5(4)11)14-7(9-3)8(12)13/h1-2,10-11H,(H,12,13). The fraction of sp³-hybridized carbons (Fsp3) is 0. The van der Waals surface area contributed by atoms with Crippen LogP contribution in [0.2, 0.25) is 0 Å². The molecular weight excluding hydrogens is 190 g/mol. The Morgan fingerprint density at radius 1 is 1.29 bits per heavy atom. The van der Waals surface area contributed by atoms with E-state index in [1.807, 2.05) is 0 Å². The van der Waals surface area contributed by atoms with Gasteiger partial charge in [0.1, 0.15) is 5.52 Å². The quantitative estimate of drug-likeness (QED) is 0.585. The fourth-order valence-corrected chi connectivity index (χ4v) is 1.04. The number of carbonyl (C=O) groups is 1. The van der Waals surface area contributed by atoms with Gasteiger partial charge >= 0.3 is 11.9 Å². The molecule has 0 amide bonds. The Balaban J connectivity index is 2.72. The highest BCUT2D eigenvalue weighted by molar-refractivity contribution is 5.87. The Kier molecular flexibility index (Phi) is 1.57. The monoisotopic (exact) mass is 195 g/mol. The number of benzene rings is 1. The summed E-state index contributed by atoms with van der Waals surface area (Å²) >= 11 is 0. The molecule has 2 rings (SSSR count). The van der Waals surface area contributed by atoms with Crippen LogP contribution in [0.5, 0.6) is 11.5 Å². The lowest BCUT2D eigenvalue weighted by molar-refractivity contribution is 0.0656. The van der Waals surface area contributed by atoms with E-state index in [1.165, 1.54) is 0 Å². The number of aromatic hydroxyl groups is 2. The van der Waals surface area contributed by atoms with Crippen LogP contribution in [0.25, 0.3) is 11.1 Å². The number of hydrogen-bond donors (Lipinski definition) is 3. The molecule has 0 saturated carbocycles. The average Bonchev–Trinajstić information content (AvgIpc) is 2.48. The zero-order valence-corrected chi connectivity index (χ0v) is 6.76. The van der Waals surface area contributed by atoms with Crippen molar-refractivity contribution in [3.05, 3.63) is 18.0 Å². The summed E-state index contributed by atoms with van der Waals surface area (Å²) in [4.78, 5) is 14.0. The predicted molar refractivity (Wildman–Crippen MR) is 44.3 cm³/mol. The second-order valence-corrected chi connectivity index (χ2v) is 2.63. The number of oxazole rings is 1. The molecule has 0 saturated heterocycles. The van der Waals surface area contributed by atoms with Gasteiger partial charge in [0.15, 0.2) is 17.1 Å². The molecule has 3 N–H and O–H groups in total. The van der Waals surface area contributed by atoms with Crippen molar-refractivity contribution < 1.29 is 24.5 Å². The first-order chi connectivity index (χ1) is 6.58. The van der Waals surface area contributed by atoms with Crippen LogP contribution >= 0.6 is 0 Å². The summed E-state index contributed by atoms with van der Waals surface area (Å²) in [5.74, 6) is -2.54. The van der Waals surface area contributed by atoms with E-state index in [1.54, 1.807) is 0 Å². The second-order valence-electron chi connectivity index (χ2n) is 2.63. The number of carboxylic acid groups (broad SMARTS) is 1. The molecule has 6 heteroatoms. The molecule has 0 aliphatic rings. The van der Waals surface area contributed by atoms with E-state index in [-0.39, 0.29) is 22.6 Å². The molecule has 0 unspecified atom stereocenters. The minimum absolute atomic E-state index is 0.109. The van der Waals surface area contributed by atoms with Crippen LogP contribution in [0.1, 0.15) is 10.7 Å². The Labute approximate surface area is 77.0 Å². The highest BCUT2D eigenvalue weighted by atomic mass is 16.4. The SMILES string of the molecule is O=C(O)c1nc2cc(O)c(O)cc2o1. The number of aromatic nitrogens is 1. The maximum Gasteiger partial charge on any atom is 0.392 e. The molecule has 6 nitrogen and oxygen atoms in total. The van der Waals surface area contributed by atoms with E-state index in [4.69, 9.17) is 19.7 Å².